The van der Waals surface area contributed by atoms with E-state index in [0.717, 1.165) is 24.3 Å². The van der Waals surface area contributed by atoms with Crippen LogP contribution in [0.15, 0.2) is 23.1 Å². The molecule has 2 N–H and O–H groups in total. The number of thioether (sulfide) groups is 1. The van der Waals surface area contributed by atoms with Gasteiger partial charge in [0.25, 0.3) is 5.91 Å². The predicted octanol–water partition coefficient (Wildman–Crippen LogP) is 2.03. The van der Waals surface area contributed by atoms with Crippen molar-refractivity contribution in [3.63, 3.8) is 0 Å². The minimum atomic E-state index is -0.133. The van der Waals surface area contributed by atoms with Gasteiger partial charge < -0.3 is 15.4 Å². The molecule has 5 nitrogen and oxygen atoms in total. The number of hydrogen-bond donors (Lipinski definition) is 2. The second-order valence-corrected chi connectivity index (χ2v) is 6.69. The van der Waals surface area contributed by atoms with Crippen molar-refractivity contribution in [1.82, 2.24) is 5.32 Å². The smallest absolute Gasteiger partial charge is 0.251 e. The first-order chi connectivity index (χ1) is 10.1. The normalized spacial score (nSPS) is 24.3. The molecule has 2 atom stereocenters. The molecule has 0 radical (unpaired) electrons. The first-order valence-corrected chi connectivity index (χ1v) is 8.03. The minimum Gasteiger partial charge on any atom is -0.376 e. The lowest BCUT2D eigenvalue weighted by Gasteiger charge is -2.21. The van der Waals surface area contributed by atoms with E-state index >= 15 is 0 Å². The van der Waals surface area contributed by atoms with Gasteiger partial charge in [-0.15, -0.1) is 11.8 Å². The molecule has 0 unspecified atom stereocenters. The Hall–Kier alpha value is -1.53. The Morgan fingerprint density at radius 3 is 3.14 bits per heavy atom. The number of amides is 2. The summed E-state index contributed by atoms with van der Waals surface area (Å²) in [6.45, 7) is 3.18. The van der Waals surface area contributed by atoms with Crippen molar-refractivity contribution in [2.24, 2.45) is 0 Å². The lowest BCUT2D eigenvalue weighted by molar-refractivity contribution is -0.115. The fourth-order valence-corrected chi connectivity index (χ4v) is 3.39. The summed E-state index contributed by atoms with van der Waals surface area (Å²) in [5.41, 5.74) is 1.27. The van der Waals surface area contributed by atoms with Crippen molar-refractivity contribution in [1.29, 1.82) is 0 Å². The molecule has 1 saturated heterocycles. The number of carbonyl (C=O) groups is 2. The van der Waals surface area contributed by atoms with Crippen LogP contribution in [-0.4, -0.2) is 36.3 Å². The summed E-state index contributed by atoms with van der Waals surface area (Å²) >= 11 is 1.51. The molecule has 0 saturated carbocycles. The summed E-state index contributed by atoms with van der Waals surface area (Å²) in [5.74, 6) is -0.157. The van der Waals surface area contributed by atoms with Gasteiger partial charge in [0.2, 0.25) is 5.91 Å². The molecule has 0 spiro atoms. The Morgan fingerprint density at radius 2 is 2.38 bits per heavy atom. The summed E-state index contributed by atoms with van der Waals surface area (Å²) in [4.78, 5) is 24.8. The van der Waals surface area contributed by atoms with Crippen LogP contribution >= 0.6 is 11.8 Å². The first kappa shape index (κ1) is 14.4. The van der Waals surface area contributed by atoms with E-state index in [0.29, 0.717) is 17.8 Å². The number of benzene rings is 1. The van der Waals surface area contributed by atoms with Gasteiger partial charge in [0.1, 0.15) is 0 Å². The van der Waals surface area contributed by atoms with Gasteiger partial charge in [-0.05, 0) is 38.0 Å². The monoisotopic (exact) mass is 306 g/mol. The Balaban J connectivity index is 1.67. The third-order valence-electron chi connectivity index (χ3n) is 3.69. The van der Waals surface area contributed by atoms with Crippen LogP contribution < -0.4 is 10.6 Å². The quantitative estimate of drug-likeness (QED) is 0.896. The summed E-state index contributed by atoms with van der Waals surface area (Å²) in [6.07, 6.45) is 2.18. The van der Waals surface area contributed by atoms with Crippen LogP contribution in [0, 0.1) is 0 Å². The van der Waals surface area contributed by atoms with Crippen LogP contribution in [0.4, 0.5) is 5.69 Å². The van der Waals surface area contributed by atoms with Crippen LogP contribution in [0.3, 0.4) is 0 Å². The van der Waals surface area contributed by atoms with E-state index in [4.69, 9.17) is 4.74 Å². The molecule has 0 bridgehead atoms. The van der Waals surface area contributed by atoms with E-state index in [1.165, 1.54) is 11.8 Å². The van der Waals surface area contributed by atoms with Gasteiger partial charge in [-0.3, -0.25) is 9.59 Å². The Kier molecular flexibility index (Phi) is 4.17. The van der Waals surface area contributed by atoms with E-state index < -0.39 is 0 Å². The van der Waals surface area contributed by atoms with Crippen LogP contribution in [-0.2, 0) is 9.53 Å². The molecule has 2 aliphatic heterocycles. The number of nitrogens with one attached hydrogen (secondary N) is 2. The summed E-state index contributed by atoms with van der Waals surface area (Å²) in [7, 11) is 0. The largest absolute Gasteiger partial charge is 0.376 e. The average Bonchev–Trinajstić information content (AvgIpc) is 2.99. The molecule has 112 valence electrons. The zero-order chi connectivity index (χ0) is 14.8. The van der Waals surface area contributed by atoms with Crippen molar-refractivity contribution in [3.05, 3.63) is 23.8 Å². The maximum Gasteiger partial charge on any atom is 0.251 e. The van der Waals surface area contributed by atoms with E-state index in [2.05, 4.69) is 10.6 Å². The average molecular weight is 306 g/mol. The lowest BCUT2D eigenvalue weighted by Crippen LogP contribution is -2.32. The van der Waals surface area contributed by atoms with Gasteiger partial charge in [0.15, 0.2) is 0 Å². The van der Waals surface area contributed by atoms with E-state index in [1.54, 1.807) is 12.1 Å². The van der Waals surface area contributed by atoms with Gasteiger partial charge in [0, 0.05) is 23.6 Å². The van der Waals surface area contributed by atoms with Crippen LogP contribution in [0.1, 0.15) is 30.1 Å². The number of rotatable bonds is 3. The van der Waals surface area contributed by atoms with E-state index in [-0.39, 0.29) is 23.2 Å². The Bertz CT molecular complexity index is 570. The number of carbonyl (C=O) groups excluding carboxylic acids is 2. The summed E-state index contributed by atoms with van der Waals surface area (Å²) < 4.78 is 5.48. The van der Waals surface area contributed by atoms with E-state index in [1.807, 2.05) is 13.0 Å². The molecule has 1 fully saturated rings. The highest BCUT2D eigenvalue weighted by atomic mass is 32.2. The molecule has 2 aliphatic rings. The molecule has 6 heteroatoms. The van der Waals surface area contributed by atoms with Gasteiger partial charge in [0.05, 0.1) is 17.0 Å². The molecule has 1 aromatic carbocycles. The molecule has 0 aliphatic carbocycles. The molecular weight excluding hydrogens is 288 g/mol. The third kappa shape index (κ3) is 3.22. The Labute approximate surface area is 127 Å². The number of hydrogen-bond acceptors (Lipinski definition) is 4. The zero-order valence-corrected chi connectivity index (χ0v) is 12.7. The third-order valence-corrected chi connectivity index (χ3v) is 4.86. The topological polar surface area (TPSA) is 67.4 Å². The second-order valence-electron chi connectivity index (χ2n) is 5.31. The molecule has 3 rings (SSSR count). The van der Waals surface area contributed by atoms with Crippen molar-refractivity contribution < 1.29 is 14.3 Å². The highest BCUT2D eigenvalue weighted by Crippen LogP contribution is 2.35. The molecule has 1 aromatic rings. The predicted molar refractivity (Wildman–Crippen MR) is 81.7 cm³/mol. The number of ether oxygens (including phenoxy) is 1. The minimum absolute atomic E-state index is 0.0237. The number of anilines is 1. The first-order valence-electron chi connectivity index (χ1n) is 7.15. The SMILES string of the molecule is C[C@@H]1Sc2ccc(C(=O)NC[C@H]3CCCO3)cc2NC1=O. The van der Waals surface area contributed by atoms with E-state index in [9.17, 15) is 9.59 Å². The summed E-state index contributed by atoms with van der Waals surface area (Å²) in [6, 6.07) is 5.41. The van der Waals surface area contributed by atoms with Crippen molar-refractivity contribution in [2.75, 3.05) is 18.5 Å². The van der Waals surface area contributed by atoms with Crippen LogP contribution in [0.25, 0.3) is 0 Å². The zero-order valence-electron chi connectivity index (χ0n) is 11.8. The van der Waals surface area contributed by atoms with Crippen LogP contribution in [0.5, 0.6) is 0 Å². The molecule has 21 heavy (non-hydrogen) atoms. The van der Waals surface area contributed by atoms with Crippen molar-refractivity contribution in [2.45, 2.75) is 36.0 Å². The number of fused-ring (bicyclic) bond motifs is 1. The molecular formula is C15H18N2O3S. The highest BCUT2D eigenvalue weighted by Gasteiger charge is 2.24. The second kappa shape index (κ2) is 6.07. The highest BCUT2D eigenvalue weighted by molar-refractivity contribution is 8.00. The van der Waals surface area contributed by atoms with Crippen LogP contribution in [0.2, 0.25) is 0 Å². The Morgan fingerprint density at radius 1 is 1.52 bits per heavy atom. The maximum absolute atomic E-state index is 12.1. The molecule has 2 heterocycles. The lowest BCUT2D eigenvalue weighted by atomic mass is 10.1. The van der Waals surface area contributed by atoms with Gasteiger partial charge in [-0.25, -0.2) is 0 Å². The molecule has 2 amide bonds. The summed E-state index contributed by atoms with van der Waals surface area (Å²) in [5, 5.41) is 5.62. The molecule has 0 aromatic heterocycles. The fraction of sp³-hybridized carbons (Fsp3) is 0.467. The van der Waals surface area contributed by atoms with Gasteiger partial charge in [-0.2, -0.15) is 0 Å². The maximum atomic E-state index is 12.1. The van der Waals surface area contributed by atoms with Crippen molar-refractivity contribution >= 4 is 29.3 Å². The van der Waals surface area contributed by atoms with Crippen molar-refractivity contribution in [3.8, 4) is 0 Å². The fourth-order valence-electron chi connectivity index (χ4n) is 2.46. The standard InChI is InChI=1S/C15H18N2O3S/c1-9-14(18)17-12-7-10(4-5-13(12)21-9)15(19)16-8-11-3-2-6-20-11/h4-5,7,9,11H,2-3,6,8H2,1H3,(H,16,19)(H,17,18)/t9-,11+/m0/s1. The van der Waals surface area contributed by atoms with Gasteiger partial charge >= 0.3 is 0 Å². The van der Waals surface area contributed by atoms with Gasteiger partial charge in [-0.1, -0.05) is 0 Å².